The van der Waals surface area contributed by atoms with Gasteiger partial charge in [0.25, 0.3) is 0 Å². The molecular formula is C19H31N3O3. The Kier molecular flexibility index (Phi) is 8.01. The molecule has 6 heteroatoms. The maximum atomic E-state index is 9.35. The van der Waals surface area contributed by atoms with Gasteiger partial charge in [-0.05, 0) is 32.8 Å². The van der Waals surface area contributed by atoms with Crippen LogP contribution in [0.3, 0.4) is 0 Å². The largest absolute Gasteiger partial charge is 0.494 e. The molecule has 1 aromatic carbocycles. The molecule has 2 rings (SSSR count). The van der Waals surface area contributed by atoms with E-state index < -0.39 is 0 Å². The SMILES string of the molecule is CCNC(=NCc1ccccc1OCC)NCC1(CCO)CCOC1. The van der Waals surface area contributed by atoms with E-state index in [1.807, 2.05) is 38.1 Å². The van der Waals surface area contributed by atoms with Crippen LogP contribution in [0.15, 0.2) is 29.3 Å². The molecule has 0 aliphatic carbocycles. The highest BCUT2D eigenvalue weighted by molar-refractivity contribution is 5.79. The van der Waals surface area contributed by atoms with Crippen molar-refractivity contribution in [1.29, 1.82) is 0 Å². The number of nitrogens with zero attached hydrogens (tertiary/aromatic N) is 1. The van der Waals surface area contributed by atoms with Crippen LogP contribution in [-0.2, 0) is 11.3 Å². The average Bonchev–Trinajstić information content (AvgIpc) is 3.08. The molecule has 1 heterocycles. The summed E-state index contributed by atoms with van der Waals surface area (Å²) in [7, 11) is 0. The number of nitrogens with one attached hydrogen (secondary N) is 2. The molecule has 0 bridgehead atoms. The number of rotatable bonds is 9. The van der Waals surface area contributed by atoms with E-state index in [9.17, 15) is 5.11 Å². The van der Waals surface area contributed by atoms with Crippen LogP contribution in [0.5, 0.6) is 5.75 Å². The number of hydrogen-bond acceptors (Lipinski definition) is 4. The molecule has 3 N–H and O–H groups in total. The number of hydrogen-bond donors (Lipinski definition) is 3. The second-order valence-electron chi connectivity index (χ2n) is 6.37. The van der Waals surface area contributed by atoms with Gasteiger partial charge in [-0.1, -0.05) is 18.2 Å². The molecule has 1 aliphatic heterocycles. The molecule has 25 heavy (non-hydrogen) atoms. The predicted molar refractivity (Wildman–Crippen MR) is 100 cm³/mol. The minimum Gasteiger partial charge on any atom is -0.494 e. The number of para-hydroxylation sites is 1. The Labute approximate surface area is 150 Å². The highest BCUT2D eigenvalue weighted by Crippen LogP contribution is 2.31. The van der Waals surface area contributed by atoms with Gasteiger partial charge in [-0.25, -0.2) is 4.99 Å². The van der Waals surface area contributed by atoms with Gasteiger partial charge in [0.2, 0.25) is 0 Å². The summed E-state index contributed by atoms with van der Waals surface area (Å²) in [5.41, 5.74) is 1.06. The molecule has 1 aliphatic rings. The van der Waals surface area contributed by atoms with Crippen molar-refractivity contribution in [2.24, 2.45) is 10.4 Å². The van der Waals surface area contributed by atoms with Crippen molar-refractivity contribution in [2.75, 3.05) is 39.5 Å². The lowest BCUT2D eigenvalue weighted by molar-refractivity contribution is 0.127. The average molecular weight is 349 g/mol. The van der Waals surface area contributed by atoms with Crippen LogP contribution in [0.4, 0.5) is 0 Å². The molecule has 140 valence electrons. The van der Waals surface area contributed by atoms with Crippen molar-refractivity contribution in [1.82, 2.24) is 10.6 Å². The fourth-order valence-corrected chi connectivity index (χ4v) is 3.02. The number of aliphatic imine (C=N–C) groups is 1. The third-order valence-corrected chi connectivity index (χ3v) is 4.48. The van der Waals surface area contributed by atoms with Crippen LogP contribution in [-0.4, -0.2) is 50.6 Å². The van der Waals surface area contributed by atoms with E-state index >= 15 is 0 Å². The molecule has 0 amide bonds. The van der Waals surface area contributed by atoms with E-state index in [1.54, 1.807) is 0 Å². The lowest BCUT2D eigenvalue weighted by atomic mass is 9.84. The summed E-state index contributed by atoms with van der Waals surface area (Å²) in [6.45, 7) is 8.39. The van der Waals surface area contributed by atoms with Gasteiger partial charge in [-0.3, -0.25) is 0 Å². The van der Waals surface area contributed by atoms with Crippen molar-refractivity contribution in [3.8, 4) is 5.75 Å². The number of ether oxygens (including phenoxy) is 2. The third-order valence-electron chi connectivity index (χ3n) is 4.48. The smallest absolute Gasteiger partial charge is 0.191 e. The first-order valence-corrected chi connectivity index (χ1v) is 9.14. The van der Waals surface area contributed by atoms with Crippen LogP contribution in [0, 0.1) is 5.41 Å². The Morgan fingerprint density at radius 1 is 1.32 bits per heavy atom. The summed E-state index contributed by atoms with van der Waals surface area (Å²) in [5.74, 6) is 1.66. The fourth-order valence-electron chi connectivity index (χ4n) is 3.02. The van der Waals surface area contributed by atoms with Gasteiger partial charge in [-0.2, -0.15) is 0 Å². The van der Waals surface area contributed by atoms with E-state index in [1.165, 1.54) is 0 Å². The summed E-state index contributed by atoms with van der Waals surface area (Å²) in [5, 5.41) is 16.0. The Morgan fingerprint density at radius 3 is 2.84 bits per heavy atom. The molecule has 6 nitrogen and oxygen atoms in total. The van der Waals surface area contributed by atoms with Crippen LogP contribution in [0.1, 0.15) is 32.3 Å². The van der Waals surface area contributed by atoms with E-state index in [-0.39, 0.29) is 12.0 Å². The molecule has 1 saturated heterocycles. The quantitative estimate of drug-likeness (QED) is 0.469. The summed E-state index contributed by atoms with van der Waals surface area (Å²) >= 11 is 0. The number of aliphatic hydroxyl groups excluding tert-OH is 1. The lowest BCUT2D eigenvalue weighted by Gasteiger charge is -2.27. The van der Waals surface area contributed by atoms with Crippen molar-refractivity contribution in [3.63, 3.8) is 0 Å². The van der Waals surface area contributed by atoms with E-state index in [0.29, 0.717) is 19.8 Å². The van der Waals surface area contributed by atoms with Gasteiger partial charge in [0.05, 0.1) is 19.8 Å². The van der Waals surface area contributed by atoms with Crippen molar-refractivity contribution in [3.05, 3.63) is 29.8 Å². The first-order chi connectivity index (χ1) is 12.2. The Morgan fingerprint density at radius 2 is 2.16 bits per heavy atom. The highest BCUT2D eigenvalue weighted by atomic mass is 16.5. The molecule has 0 saturated carbocycles. The molecular weight excluding hydrogens is 318 g/mol. The summed E-state index contributed by atoms with van der Waals surface area (Å²) in [6.07, 6.45) is 1.71. The molecule has 1 unspecified atom stereocenters. The maximum Gasteiger partial charge on any atom is 0.191 e. The summed E-state index contributed by atoms with van der Waals surface area (Å²) < 4.78 is 11.2. The Hall–Kier alpha value is -1.79. The van der Waals surface area contributed by atoms with Crippen LogP contribution >= 0.6 is 0 Å². The zero-order valence-electron chi connectivity index (χ0n) is 15.4. The predicted octanol–water partition coefficient (Wildman–Crippen LogP) is 1.93. The second kappa shape index (κ2) is 10.3. The van der Waals surface area contributed by atoms with E-state index in [4.69, 9.17) is 9.47 Å². The number of guanidine groups is 1. The van der Waals surface area contributed by atoms with Gasteiger partial charge in [0.15, 0.2) is 5.96 Å². The normalized spacial score (nSPS) is 20.5. The fraction of sp³-hybridized carbons (Fsp3) is 0.632. The topological polar surface area (TPSA) is 75.1 Å². The highest BCUT2D eigenvalue weighted by Gasteiger charge is 2.34. The van der Waals surface area contributed by atoms with E-state index in [2.05, 4.69) is 15.6 Å². The van der Waals surface area contributed by atoms with Crippen LogP contribution in [0.25, 0.3) is 0 Å². The van der Waals surface area contributed by atoms with Crippen LogP contribution in [0.2, 0.25) is 0 Å². The van der Waals surface area contributed by atoms with Crippen molar-refractivity contribution < 1.29 is 14.6 Å². The van der Waals surface area contributed by atoms with Crippen molar-refractivity contribution >= 4 is 5.96 Å². The van der Waals surface area contributed by atoms with Crippen molar-refractivity contribution in [2.45, 2.75) is 33.2 Å². The minimum absolute atomic E-state index is 0.00578. The first-order valence-electron chi connectivity index (χ1n) is 9.14. The zero-order valence-corrected chi connectivity index (χ0v) is 15.4. The molecule has 1 aromatic rings. The summed E-state index contributed by atoms with van der Waals surface area (Å²) in [4.78, 5) is 4.69. The molecule has 0 aromatic heterocycles. The Balaban J connectivity index is 2.00. The minimum atomic E-state index is -0.00578. The van der Waals surface area contributed by atoms with E-state index in [0.717, 1.165) is 49.8 Å². The molecule has 0 radical (unpaired) electrons. The third kappa shape index (κ3) is 5.90. The first kappa shape index (κ1) is 19.5. The Bertz CT molecular complexity index is 542. The van der Waals surface area contributed by atoms with Gasteiger partial charge in [0, 0.05) is 37.3 Å². The maximum absolute atomic E-state index is 9.35. The van der Waals surface area contributed by atoms with Gasteiger partial charge in [0.1, 0.15) is 5.75 Å². The summed E-state index contributed by atoms with van der Waals surface area (Å²) in [6, 6.07) is 7.98. The standard InChI is InChI=1S/C19H31N3O3/c1-3-20-18(22-14-19(9-11-23)10-12-24-15-19)21-13-16-7-5-6-8-17(16)25-4-2/h5-8,23H,3-4,9-15H2,1-2H3,(H2,20,21,22). The zero-order chi connectivity index (χ0) is 18.0. The lowest BCUT2D eigenvalue weighted by Crippen LogP contribution is -2.44. The molecule has 1 atom stereocenters. The van der Waals surface area contributed by atoms with Gasteiger partial charge >= 0.3 is 0 Å². The number of benzene rings is 1. The van der Waals surface area contributed by atoms with Gasteiger partial charge < -0.3 is 25.2 Å². The second-order valence-corrected chi connectivity index (χ2v) is 6.37. The number of aliphatic hydroxyl groups is 1. The molecule has 1 fully saturated rings. The molecule has 0 spiro atoms. The van der Waals surface area contributed by atoms with Crippen LogP contribution < -0.4 is 15.4 Å². The monoisotopic (exact) mass is 349 g/mol. The van der Waals surface area contributed by atoms with Gasteiger partial charge in [-0.15, -0.1) is 0 Å².